The molecule has 0 fully saturated rings. The van der Waals surface area contributed by atoms with E-state index in [0.29, 0.717) is 52.9 Å². The molecule has 0 amide bonds. The highest BCUT2D eigenvalue weighted by molar-refractivity contribution is 5.87. The van der Waals surface area contributed by atoms with Crippen LogP contribution < -0.4 is 37.9 Å². The number of unbranched alkanes of at least 4 members (excludes halogenated alkanes) is 52. The van der Waals surface area contributed by atoms with Crippen molar-refractivity contribution in [2.75, 3.05) is 52.9 Å². The number of carboxylic acids is 1. The largest absolute Gasteiger partial charge is 0.494 e. The van der Waals surface area contributed by atoms with E-state index in [1.54, 1.807) is 24.3 Å². The Balaban J connectivity index is 0.811. The molecule has 10 heteroatoms. The summed E-state index contributed by atoms with van der Waals surface area (Å²) in [5.74, 6) is 25.6. The average Bonchev–Trinajstić information content (AvgIpc) is 0.865. The van der Waals surface area contributed by atoms with Crippen molar-refractivity contribution in [2.24, 2.45) is 0 Å². The SMILES string of the molecule is CCCCCCCCCCCCOc1ccc(C#Cc2ccc(OCCCCCCCCCCCOc3cc(C#Cc4ccc(C(=O)O)cc4)cc(OCCCCCCCCCCCOc4ccc(C#Cc5ccc(OCCCCCCCCCCCC)c(OCCCCCCCCCCCC)c5)cc4)c3)cc2)cc1OCCCCCCCCCCCC. The van der Waals surface area contributed by atoms with Crippen LogP contribution in [0.25, 0.3) is 0 Å². The molecule has 678 valence electrons. The van der Waals surface area contributed by atoms with E-state index in [4.69, 9.17) is 37.9 Å². The van der Waals surface area contributed by atoms with Crippen LogP contribution >= 0.6 is 0 Å². The molecule has 0 aliphatic rings. The predicted octanol–water partition coefficient (Wildman–Crippen LogP) is 32.7. The fraction of sp³-hybridized carbons (Fsp3) is 0.619. The molecule has 0 radical (unpaired) electrons. The molecule has 123 heavy (non-hydrogen) atoms. The van der Waals surface area contributed by atoms with Gasteiger partial charge < -0.3 is 43.0 Å². The number of rotatable bonds is 77. The predicted molar refractivity (Wildman–Crippen MR) is 518 cm³/mol. The first-order chi connectivity index (χ1) is 60.8. The highest BCUT2D eigenvalue weighted by atomic mass is 16.5. The first-order valence-electron chi connectivity index (χ1n) is 50.4. The quantitative estimate of drug-likeness (QED) is 0.0293. The van der Waals surface area contributed by atoms with Crippen molar-refractivity contribution >= 4 is 5.97 Å². The van der Waals surface area contributed by atoms with Crippen LogP contribution in [0.1, 0.15) is 444 Å². The smallest absolute Gasteiger partial charge is 0.335 e. The summed E-state index contributed by atoms with van der Waals surface area (Å²) in [5.41, 5.74) is 5.56. The van der Waals surface area contributed by atoms with E-state index in [1.807, 2.05) is 54.6 Å². The minimum atomic E-state index is -0.953. The first kappa shape index (κ1) is 104. The third-order valence-electron chi connectivity index (χ3n) is 23.3. The monoisotopic (exact) mass is 1680 g/mol. The molecule has 6 rings (SSSR count). The summed E-state index contributed by atoms with van der Waals surface area (Å²) in [6, 6.07) is 41.3. The molecule has 0 saturated heterocycles. The maximum Gasteiger partial charge on any atom is 0.335 e. The number of carboxylic acid groups (broad SMARTS) is 1. The number of benzene rings is 6. The van der Waals surface area contributed by atoms with Crippen LogP contribution in [-0.4, -0.2) is 63.9 Å². The Morgan fingerprint density at radius 1 is 0.195 bits per heavy atom. The molecule has 0 aliphatic heterocycles. The fourth-order valence-corrected chi connectivity index (χ4v) is 15.6. The van der Waals surface area contributed by atoms with Gasteiger partial charge in [0.25, 0.3) is 0 Å². The zero-order valence-corrected chi connectivity index (χ0v) is 77.9. The van der Waals surface area contributed by atoms with Gasteiger partial charge in [-0.1, -0.05) is 384 Å². The summed E-state index contributed by atoms with van der Waals surface area (Å²) in [6.07, 6.45) is 73.1. The Kier molecular flexibility index (Phi) is 61.6. The van der Waals surface area contributed by atoms with E-state index in [2.05, 4.69) is 112 Å². The molecule has 0 aliphatic carbocycles. The summed E-state index contributed by atoms with van der Waals surface area (Å²) in [6.45, 7) is 14.7. The lowest BCUT2D eigenvalue weighted by molar-refractivity contribution is 0.0696. The zero-order valence-electron chi connectivity index (χ0n) is 77.9. The van der Waals surface area contributed by atoms with Crippen LogP contribution in [0.2, 0.25) is 0 Å². The maximum atomic E-state index is 11.5. The highest BCUT2D eigenvalue weighted by Gasteiger charge is 2.12. The van der Waals surface area contributed by atoms with Crippen LogP contribution in [0.3, 0.4) is 0 Å². The maximum absolute atomic E-state index is 11.5. The highest BCUT2D eigenvalue weighted by Crippen LogP contribution is 2.32. The number of hydrogen-bond donors (Lipinski definition) is 1. The van der Waals surface area contributed by atoms with Gasteiger partial charge in [-0.3, -0.25) is 0 Å². The minimum Gasteiger partial charge on any atom is -0.494 e. The van der Waals surface area contributed by atoms with Gasteiger partial charge in [0, 0.05) is 39.4 Å². The van der Waals surface area contributed by atoms with E-state index in [0.717, 1.165) is 144 Å². The number of aromatic carboxylic acids is 1. The third-order valence-corrected chi connectivity index (χ3v) is 23.3. The van der Waals surface area contributed by atoms with Gasteiger partial charge in [0.1, 0.15) is 23.0 Å². The molecule has 0 spiro atoms. The van der Waals surface area contributed by atoms with Crippen LogP contribution in [-0.2, 0) is 0 Å². The second-order valence-corrected chi connectivity index (χ2v) is 34.6. The van der Waals surface area contributed by atoms with Gasteiger partial charge in [0.15, 0.2) is 23.0 Å². The molecular formula is C113H166O10. The van der Waals surface area contributed by atoms with Crippen LogP contribution in [0, 0.1) is 35.5 Å². The Morgan fingerprint density at radius 2 is 0.390 bits per heavy atom. The molecule has 10 nitrogen and oxygen atoms in total. The third kappa shape index (κ3) is 53.7. The van der Waals surface area contributed by atoms with Gasteiger partial charge in [-0.25, -0.2) is 4.79 Å². The summed E-state index contributed by atoms with van der Waals surface area (Å²) >= 11 is 0. The van der Waals surface area contributed by atoms with Gasteiger partial charge in [-0.05, 0) is 173 Å². The average molecular weight is 1680 g/mol. The Bertz CT molecular complexity index is 3560. The minimum absolute atomic E-state index is 0.240. The number of ether oxygens (including phenoxy) is 8. The fourth-order valence-electron chi connectivity index (χ4n) is 15.6. The lowest BCUT2D eigenvalue weighted by atomic mass is 10.1. The summed E-state index contributed by atoms with van der Waals surface area (Å²) in [4.78, 5) is 11.5. The molecular weight excluding hydrogens is 1520 g/mol. The van der Waals surface area contributed by atoms with Crippen molar-refractivity contribution in [3.63, 3.8) is 0 Å². The lowest BCUT2D eigenvalue weighted by Gasteiger charge is -2.13. The van der Waals surface area contributed by atoms with Gasteiger partial charge in [-0.15, -0.1) is 0 Å². The van der Waals surface area contributed by atoms with Gasteiger partial charge in [-0.2, -0.15) is 0 Å². The molecule has 0 unspecified atom stereocenters. The van der Waals surface area contributed by atoms with Gasteiger partial charge in [0.2, 0.25) is 0 Å². The van der Waals surface area contributed by atoms with Crippen LogP contribution in [0.5, 0.6) is 46.0 Å². The molecule has 0 heterocycles. The standard InChI is InChI=1S/C113H166O10/c1-5-9-13-17-21-25-31-43-51-59-89-120-109-83-75-101(95-111(109)122-91-61-53-45-33-27-23-19-15-11-7-3)66-63-99-71-79-105(80-72-99)116-85-55-47-39-35-29-37-41-49-57-87-118-107-93-103(68-65-98-69-77-104(78-70-98)113(114)115)94-108(97-107)119-88-58-50-42-38-30-36-40-48-56-86-117-106-81-73-100(74-82-106)64-67-102-76-84-110(121-90-60-52-44-32-26-22-18-14-10-6-2)112(96-102)123-92-62-54-46-34-28-24-20-16-12-8-4/h69-84,93-97H,5-62,85-92H2,1-4H3,(H,114,115). The van der Waals surface area contributed by atoms with E-state index in [9.17, 15) is 9.90 Å². The zero-order chi connectivity index (χ0) is 86.7. The van der Waals surface area contributed by atoms with Crippen molar-refractivity contribution in [1.29, 1.82) is 0 Å². The van der Waals surface area contributed by atoms with Gasteiger partial charge >= 0.3 is 5.97 Å². The molecule has 0 bridgehead atoms. The Morgan fingerprint density at radius 3 is 0.642 bits per heavy atom. The van der Waals surface area contributed by atoms with E-state index >= 15 is 0 Å². The summed E-state index contributed by atoms with van der Waals surface area (Å²) in [7, 11) is 0. The van der Waals surface area contributed by atoms with E-state index in [1.165, 1.54) is 308 Å². The second-order valence-electron chi connectivity index (χ2n) is 34.6. The number of carbonyl (C=O) groups is 1. The topological polar surface area (TPSA) is 111 Å². The summed E-state index contributed by atoms with van der Waals surface area (Å²) in [5, 5.41) is 9.41. The van der Waals surface area contributed by atoms with Crippen molar-refractivity contribution < 1.29 is 47.8 Å². The summed E-state index contributed by atoms with van der Waals surface area (Å²) < 4.78 is 50.5. The Labute approximate surface area is 750 Å². The molecule has 6 aromatic rings. The van der Waals surface area contributed by atoms with Crippen molar-refractivity contribution in [1.82, 2.24) is 0 Å². The molecule has 0 aromatic heterocycles. The molecule has 1 N–H and O–H groups in total. The molecule has 0 atom stereocenters. The second kappa shape index (κ2) is 73.1. The van der Waals surface area contributed by atoms with Crippen LogP contribution in [0.4, 0.5) is 0 Å². The van der Waals surface area contributed by atoms with E-state index in [-0.39, 0.29) is 5.56 Å². The van der Waals surface area contributed by atoms with Crippen molar-refractivity contribution in [3.8, 4) is 81.5 Å². The Hall–Kier alpha value is -8.13. The van der Waals surface area contributed by atoms with E-state index < -0.39 is 5.97 Å². The van der Waals surface area contributed by atoms with Crippen molar-refractivity contribution in [2.45, 2.75) is 400 Å². The molecule has 6 aromatic carbocycles. The molecule has 0 saturated carbocycles. The van der Waals surface area contributed by atoms with Crippen molar-refractivity contribution in [3.05, 3.63) is 166 Å². The lowest BCUT2D eigenvalue weighted by Crippen LogP contribution is -2.03. The normalized spacial score (nSPS) is 11.0. The number of hydrogen-bond acceptors (Lipinski definition) is 9. The van der Waals surface area contributed by atoms with Gasteiger partial charge in [0.05, 0.1) is 58.4 Å². The van der Waals surface area contributed by atoms with Crippen LogP contribution in [0.15, 0.2) is 127 Å². The first-order valence-corrected chi connectivity index (χ1v) is 50.4.